The topological polar surface area (TPSA) is 17.2 Å². The van der Waals surface area contributed by atoms with E-state index < -0.39 is 6.97 Å². The largest absolute Gasteiger partial charge is 0.739 e. The SMILES string of the molecule is F[B-]1(F)n2c(Cl)c(Cl)c(Br)c2C(Oc2ccccc2)=C2C(Br)=C(Cl)C(Cl)=[N+]21. The fourth-order valence-corrected chi connectivity index (χ4v) is 5.24. The minimum absolute atomic E-state index is 0.0158. The summed E-state index contributed by atoms with van der Waals surface area (Å²) in [7, 11) is 0. The molecular formula is C15H5BBr2Cl4F2N2O. The van der Waals surface area contributed by atoms with E-state index in [0.717, 1.165) is 0 Å². The second-order valence-electron chi connectivity index (χ2n) is 5.61. The average Bonchev–Trinajstić information content (AvgIpc) is 3.01. The summed E-state index contributed by atoms with van der Waals surface area (Å²) in [6.45, 7) is -4.49. The lowest BCUT2D eigenvalue weighted by Crippen LogP contribution is -2.51. The van der Waals surface area contributed by atoms with Crippen LogP contribution in [0.2, 0.25) is 10.2 Å². The molecule has 0 N–H and O–H groups in total. The van der Waals surface area contributed by atoms with E-state index in [9.17, 15) is 0 Å². The smallest absolute Gasteiger partial charge is 0.448 e. The summed E-state index contributed by atoms with van der Waals surface area (Å²) in [6.07, 6.45) is 0. The van der Waals surface area contributed by atoms with Crippen molar-refractivity contribution in [3.8, 4) is 5.75 Å². The summed E-state index contributed by atoms with van der Waals surface area (Å²) in [5.41, 5.74) is -0.0317. The molecule has 0 spiro atoms. The van der Waals surface area contributed by atoms with Crippen LogP contribution in [0.25, 0.3) is 5.76 Å². The summed E-state index contributed by atoms with van der Waals surface area (Å²) < 4.78 is 38.3. The van der Waals surface area contributed by atoms with Gasteiger partial charge in [0.25, 0.3) is 0 Å². The number of hydrogen-bond donors (Lipinski definition) is 0. The molecule has 3 heterocycles. The molecule has 27 heavy (non-hydrogen) atoms. The summed E-state index contributed by atoms with van der Waals surface area (Å²) in [6, 6.07) is 8.66. The van der Waals surface area contributed by atoms with Gasteiger partial charge >= 0.3 is 6.97 Å². The van der Waals surface area contributed by atoms with E-state index >= 15 is 8.63 Å². The Morgan fingerprint density at radius 3 is 2.30 bits per heavy atom. The first-order valence-electron chi connectivity index (χ1n) is 7.30. The molecule has 0 atom stereocenters. The second kappa shape index (κ2) is 6.78. The highest BCUT2D eigenvalue weighted by Crippen LogP contribution is 2.50. The van der Waals surface area contributed by atoms with E-state index in [2.05, 4.69) is 31.9 Å². The van der Waals surface area contributed by atoms with Gasteiger partial charge in [0.05, 0.1) is 20.3 Å². The van der Waals surface area contributed by atoms with Gasteiger partial charge in [-0.15, -0.1) is 0 Å². The maximum Gasteiger partial charge on any atom is 0.739 e. The minimum atomic E-state index is -4.49. The van der Waals surface area contributed by atoms with Crippen LogP contribution in [0.5, 0.6) is 5.75 Å². The number of allylic oxidation sites excluding steroid dienone is 2. The highest BCUT2D eigenvalue weighted by molar-refractivity contribution is 9.12. The van der Waals surface area contributed by atoms with Crippen molar-refractivity contribution in [1.82, 2.24) is 4.48 Å². The molecule has 4 rings (SSSR count). The number of nitrogens with zero attached hydrogens (tertiary/aromatic N) is 2. The van der Waals surface area contributed by atoms with E-state index in [0.29, 0.717) is 14.7 Å². The van der Waals surface area contributed by atoms with Gasteiger partial charge in [0, 0.05) is 0 Å². The van der Waals surface area contributed by atoms with Crippen LogP contribution >= 0.6 is 78.3 Å². The number of halogens is 8. The number of hydrogen-bond acceptors (Lipinski definition) is 1. The number of fused-ring (bicyclic) bond motifs is 2. The third kappa shape index (κ3) is 2.75. The van der Waals surface area contributed by atoms with E-state index in [1.165, 1.54) is 0 Å². The van der Waals surface area contributed by atoms with Gasteiger partial charge in [0.2, 0.25) is 16.6 Å². The summed E-state index contributed by atoms with van der Waals surface area (Å²) in [5, 5.41) is -0.821. The summed E-state index contributed by atoms with van der Waals surface area (Å²) in [5.74, 6) is 0.486. The van der Waals surface area contributed by atoms with Crippen LogP contribution < -0.4 is 4.74 Å². The second-order valence-corrected chi connectivity index (χ2v) is 8.67. The van der Waals surface area contributed by atoms with Crippen LogP contribution in [0.4, 0.5) is 8.63 Å². The first-order chi connectivity index (χ1) is 12.7. The Morgan fingerprint density at radius 1 is 1.04 bits per heavy atom. The first-order valence-corrected chi connectivity index (χ1v) is 10.4. The van der Waals surface area contributed by atoms with Gasteiger partial charge in [-0.05, 0) is 55.6 Å². The molecular weight excluding hydrogens is 575 g/mol. The Balaban J connectivity index is 2.11. The zero-order valence-electron chi connectivity index (χ0n) is 12.8. The van der Waals surface area contributed by atoms with Crippen LogP contribution in [0, 0.1) is 0 Å². The van der Waals surface area contributed by atoms with Gasteiger partial charge in [-0.25, -0.2) is 0 Å². The van der Waals surface area contributed by atoms with Crippen LogP contribution in [0.1, 0.15) is 5.69 Å². The number of para-hydroxylation sites is 1. The molecule has 2 aliphatic heterocycles. The zero-order valence-corrected chi connectivity index (χ0v) is 19.0. The quantitative estimate of drug-likeness (QED) is 0.349. The van der Waals surface area contributed by atoms with Crippen LogP contribution in [-0.2, 0) is 0 Å². The maximum absolute atomic E-state index is 15.4. The molecule has 1 aromatic carbocycles. The fraction of sp³-hybridized carbons (Fsp3) is 0. The lowest BCUT2D eigenvalue weighted by atomic mass is 9.91. The molecule has 0 unspecified atom stereocenters. The molecule has 0 bridgehead atoms. The van der Waals surface area contributed by atoms with Crippen molar-refractivity contribution in [3.05, 3.63) is 65.9 Å². The van der Waals surface area contributed by atoms with Gasteiger partial charge in [-0.2, -0.15) is 0 Å². The molecule has 12 heteroatoms. The molecule has 140 valence electrons. The summed E-state index contributed by atoms with van der Waals surface area (Å²) >= 11 is 31.0. The van der Waals surface area contributed by atoms with Crippen molar-refractivity contribution >= 4 is 96.2 Å². The standard InChI is InChI=1S/C15H5BBr2Cl4F2N2O/c17-7-9(19)14(21)25-11(7)13(27-6-4-2-1-3-5-6)12-8(18)10(20)15(22)26(12)16(25,23)24/h1-5H. The molecule has 3 nitrogen and oxygen atoms in total. The third-order valence-electron chi connectivity index (χ3n) is 4.08. The Labute approximate surface area is 189 Å². The Kier molecular flexibility index (Phi) is 4.97. The molecule has 0 saturated heterocycles. The monoisotopic (exact) mass is 576 g/mol. The molecule has 2 aliphatic rings. The lowest BCUT2D eigenvalue weighted by Gasteiger charge is -2.31. The van der Waals surface area contributed by atoms with Gasteiger partial charge in [-0.1, -0.05) is 53.0 Å². The summed E-state index contributed by atoms with van der Waals surface area (Å²) in [4.78, 5) is 0. The van der Waals surface area contributed by atoms with Crippen LogP contribution in [-0.4, -0.2) is 21.1 Å². The van der Waals surface area contributed by atoms with Gasteiger partial charge < -0.3 is 22.3 Å². The number of aromatic nitrogens is 1. The number of rotatable bonds is 2. The molecule has 0 fully saturated rings. The zero-order chi connectivity index (χ0) is 19.7. The molecule has 0 aliphatic carbocycles. The van der Waals surface area contributed by atoms with Crippen molar-refractivity contribution in [3.63, 3.8) is 0 Å². The van der Waals surface area contributed by atoms with E-state index in [1.54, 1.807) is 30.3 Å². The molecule has 2 aromatic rings. The molecule has 0 radical (unpaired) electrons. The van der Waals surface area contributed by atoms with E-state index in [-0.39, 0.29) is 46.5 Å². The van der Waals surface area contributed by atoms with Crippen molar-refractivity contribution < 1.29 is 17.9 Å². The molecule has 0 saturated carbocycles. The van der Waals surface area contributed by atoms with E-state index in [4.69, 9.17) is 51.1 Å². The van der Waals surface area contributed by atoms with E-state index in [1.807, 2.05) is 0 Å². The highest BCUT2D eigenvalue weighted by atomic mass is 79.9. The van der Waals surface area contributed by atoms with Crippen molar-refractivity contribution in [2.75, 3.05) is 0 Å². The molecule has 1 aromatic heterocycles. The van der Waals surface area contributed by atoms with Crippen LogP contribution in [0.3, 0.4) is 0 Å². The van der Waals surface area contributed by atoms with Gasteiger partial charge in [0.15, 0.2) is 0 Å². The third-order valence-corrected chi connectivity index (χ3v) is 7.76. The van der Waals surface area contributed by atoms with Gasteiger partial charge in [-0.3, -0.25) is 0 Å². The highest BCUT2D eigenvalue weighted by Gasteiger charge is 2.59. The average molecular weight is 580 g/mol. The van der Waals surface area contributed by atoms with Gasteiger partial charge in [0.1, 0.15) is 15.3 Å². The maximum atomic E-state index is 15.4. The fourth-order valence-electron chi connectivity index (χ4n) is 2.94. The number of ether oxygens (including phenoxy) is 1. The number of benzene rings is 1. The van der Waals surface area contributed by atoms with Crippen molar-refractivity contribution in [2.45, 2.75) is 0 Å². The first kappa shape index (κ1) is 19.8. The predicted molar refractivity (Wildman–Crippen MR) is 112 cm³/mol. The van der Waals surface area contributed by atoms with Crippen LogP contribution in [0.15, 0.2) is 50.0 Å². The van der Waals surface area contributed by atoms with Crippen molar-refractivity contribution in [2.24, 2.45) is 0 Å². The Hall–Kier alpha value is -0.505. The Bertz CT molecular complexity index is 1100. The molecule has 0 amide bonds. The normalized spacial score (nSPS) is 18.2. The minimum Gasteiger partial charge on any atom is -0.448 e. The predicted octanol–water partition coefficient (Wildman–Crippen LogP) is 7.05. The van der Waals surface area contributed by atoms with Crippen molar-refractivity contribution in [1.29, 1.82) is 0 Å². The Morgan fingerprint density at radius 2 is 1.67 bits per heavy atom. The lowest BCUT2D eigenvalue weighted by molar-refractivity contribution is -0.360.